The Bertz CT molecular complexity index is 1060. The van der Waals surface area contributed by atoms with Gasteiger partial charge in [-0.1, -0.05) is 11.6 Å². The summed E-state index contributed by atoms with van der Waals surface area (Å²) < 4.78 is 53.3. The van der Waals surface area contributed by atoms with Gasteiger partial charge in [0.25, 0.3) is 15.7 Å². The number of benzene rings is 1. The number of hydrogen-bond donors (Lipinski definition) is 0. The van der Waals surface area contributed by atoms with Crippen molar-refractivity contribution in [3.63, 3.8) is 0 Å². The van der Waals surface area contributed by atoms with Gasteiger partial charge in [-0.05, 0) is 24.3 Å². The Morgan fingerprint density at radius 1 is 0.889 bits per heavy atom. The minimum absolute atomic E-state index is 0.00403. The molecule has 2 heterocycles. The van der Waals surface area contributed by atoms with Crippen LogP contribution in [0.25, 0.3) is 0 Å². The van der Waals surface area contributed by atoms with Gasteiger partial charge in [0, 0.05) is 38.3 Å². The Morgan fingerprint density at radius 3 is 1.85 bits per heavy atom. The van der Waals surface area contributed by atoms with E-state index in [2.05, 4.69) is 0 Å². The molecule has 0 unspecified atom stereocenters. The summed E-state index contributed by atoms with van der Waals surface area (Å²) in [7, 11) is -7.58. The van der Waals surface area contributed by atoms with E-state index >= 15 is 0 Å². The molecule has 27 heavy (non-hydrogen) atoms. The Balaban J connectivity index is 1.73. The maximum Gasteiger partial charge on any atom is 0.269 e. The molecule has 3 rings (SSSR count). The summed E-state index contributed by atoms with van der Waals surface area (Å²) in [6.45, 7) is -0.0244. The van der Waals surface area contributed by atoms with Crippen molar-refractivity contribution in [2.24, 2.45) is 0 Å². The van der Waals surface area contributed by atoms with E-state index in [4.69, 9.17) is 11.6 Å². The predicted octanol–water partition coefficient (Wildman–Crippen LogP) is 2.00. The van der Waals surface area contributed by atoms with Crippen molar-refractivity contribution in [2.45, 2.75) is 9.10 Å². The maximum absolute atomic E-state index is 12.7. The number of non-ortho nitro benzene ring substituents is 1. The molecule has 0 spiro atoms. The van der Waals surface area contributed by atoms with Gasteiger partial charge in [0.15, 0.2) is 0 Å². The van der Waals surface area contributed by atoms with E-state index in [-0.39, 0.29) is 41.0 Å². The summed E-state index contributed by atoms with van der Waals surface area (Å²) in [5.74, 6) is 0. The van der Waals surface area contributed by atoms with Crippen molar-refractivity contribution in [1.29, 1.82) is 0 Å². The molecule has 146 valence electrons. The first-order valence-electron chi connectivity index (χ1n) is 7.62. The number of sulfonamides is 2. The Labute approximate surface area is 165 Å². The van der Waals surface area contributed by atoms with E-state index < -0.39 is 25.0 Å². The Morgan fingerprint density at radius 2 is 1.41 bits per heavy atom. The highest BCUT2D eigenvalue weighted by Gasteiger charge is 2.34. The molecule has 1 saturated heterocycles. The summed E-state index contributed by atoms with van der Waals surface area (Å²) in [5, 5.41) is 10.7. The zero-order valence-electron chi connectivity index (χ0n) is 13.7. The molecule has 0 aliphatic carbocycles. The van der Waals surface area contributed by atoms with E-state index in [1.165, 1.54) is 32.9 Å². The summed E-state index contributed by atoms with van der Waals surface area (Å²) in [6.07, 6.45) is 0. The molecule has 1 aromatic carbocycles. The number of rotatable bonds is 5. The molecule has 0 amide bonds. The number of nitro benzene ring substituents is 1. The van der Waals surface area contributed by atoms with Crippen LogP contribution in [0.3, 0.4) is 0 Å². The lowest BCUT2D eigenvalue weighted by Crippen LogP contribution is -2.50. The van der Waals surface area contributed by atoms with Crippen LogP contribution >= 0.6 is 22.9 Å². The van der Waals surface area contributed by atoms with Crippen LogP contribution in [0.2, 0.25) is 4.34 Å². The predicted molar refractivity (Wildman–Crippen MR) is 99.9 cm³/mol. The smallest absolute Gasteiger partial charge is 0.258 e. The Kier molecular flexibility index (Phi) is 5.57. The van der Waals surface area contributed by atoms with Gasteiger partial charge >= 0.3 is 0 Å². The van der Waals surface area contributed by atoms with Crippen LogP contribution in [0, 0.1) is 10.1 Å². The van der Waals surface area contributed by atoms with E-state index in [0.717, 1.165) is 23.5 Å². The average Bonchev–Trinajstić information content (AvgIpc) is 3.09. The second kappa shape index (κ2) is 7.45. The number of hydrogen-bond acceptors (Lipinski definition) is 7. The lowest BCUT2D eigenvalue weighted by Gasteiger charge is -2.32. The minimum Gasteiger partial charge on any atom is -0.258 e. The molecule has 0 atom stereocenters. The van der Waals surface area contributed by atoms with Crippen molar-refractivity contribution >= 4 is 48.7 Å². The summed E-state index contributed by atoms with van der Waals surface area (Å²) in [4.78, 5) is 10.00. The third-order valence-corrected chi connectivity index (χ3v) is 9.54. The summed E-state index contributed by atoms with van der Waals surface area (Å²) >= 11 is 6.74. The molecule has 1 aliphatic rings. The Hall–Kier alpha value is -1.57. The SMILES string of the molecule is O=[N+]([O-])c1ccc(S(=O)(=O)N2CCN(S(=O)(=O)c3ccc(Cl)s3)CC2)cc1. The van der Waals surface area contributed by atoms with Gasteiger partial charge in [-0.25, -0.2) is 16.8 Å². The largest absolute Gasteiger partial charge is 0.269 e. The molecule has 9 nitrogen and oxygen atoms in total. The zero-order chi connectivity index (χ0) is 19.8. The topological polar surface area (TPSA) is 118 Å². The van der Waals surface area contributed by atoms with Gasteiger partial charge in [0.2, 0.25) is 10.0 Å². The van der Waals surface area contributed by atoms with E-state index in [0.29, 0.717) is 4.34 Å². The first kappa shape index (κ1) is 20.2. The van der Waals surface area contributed by atoms with Gasteiger partial charge in [0.05, 0.1) is 14.2 Å². The van der Waals surface area contributed by atoms with Crippen molar-refractivity contribution in [3.05, 3.63) is 50.8 Å². The standard InChI is InChI=1S/C14H14ClN3O6S3/c15-13-5-6-14(25-13)27(23,24)17-9-7-16(8-10-17)26(21,22)12-3-1-11(2-4-12)18(19)20/h1-6H,7-10H2. The van der Waals surface area contributed by atoms with Crippen molar-refractivity contribution in [2.75, 3.05) is 26.2 Å². The second-order valence-electron chi connectivity index (χ2n) is 5.62. The van der Waals surface area contributed by atoms with Crippen LogP contribution in [0.4, 0.5) is 5.69 Å². The van der Waals surface area contributed by atoms with Gasteiger partial charge in [-0.3, -0.25) is 10.1 Å². The van der Waals surface area contributed by atoms with Crippen LogP contribution in [-0.2, 0) is 20.0 Å². The molecule has 0 saturated carbocycles. The third-order valence-electron chi connectivity index (χ3n) is 4.03. The van der Waals surface area contributed by atoms with Gasteiger partial charge in [0.1, 0.15) is 4.21 Å². The normalized spacial score (nSPS) is 17.1. The monoisotopic (exact) mass is 451 g/mol. The highest BCUT2D eigenvalue weighted by Crippen LogP contribution is 2.29. The highest BCUT2D eigenvalue weighted by atomic mass is 35.5. The number of piperazine rings is 1. The van der Waals surface area contributed by atoms with E-state index in [1.807, 2.05) is 0 Å². The average molecular weight is 452 g/mol. The first-order chi connectivity index (χ1) is 12.6. The van der Waals surface area contributed by atoms with Crippen LogP contribution in [-0.4, -0.2) is 56.5 Å². The molecule has 1 fully saturated rings. The molecule has 1 aliphatic heterocycles. The van der Waals surface area contributed by atoms with Gasteiger partial charge < -0.3 is 0 Å². The number of nitro groups is 1. The van der Waals surface area contributed by atoms with Crippen LogP contribution < -0.4 is 0 Å². The fourth-order valence-corrected chi connectivity index (χ4v) is 7.08. The molecule has 1 aromatic heterocycles. The van der Waals surface area contributed by atoms with Crippen LogP contribution in [0.15, 0.2) is 45.5 Å². The highest BCUT2D eigenvalue weighted by molar-refractivity contribution is 7.91. The maximum atomic E-state index is 12.7. The fraction of sp³-hybridized carbons (Fsp3) is 0.286. The quantitative estimate of drug-likeness (QED) is 0.506. The van der Waals surface area contributed by atoms with Crippen LogP contribution in [0.1, 0.15) is 0 Å². The fourth-order valence-electron chi connectivity index (χ4n) is 2.60. The van der Waals surface area contributed by atoms with Crippen molar-refractivity contribution in [3.8, 4) is 0 Å². The van der Waals surface area contributed by atoms with Crippen molar-refractivity contribution < 1.29 is 21.8 Å². The number of nitrogens with zero attached hydrogens (tertiary/aromatic N) is 3. The number of halogens is 1. The third kappa shape index (κ3) is 4.00. The van der Waals surface area contributed by atoms with E-state index in [9.17, 15) is 26.9 Å². The summed E-state index contributed by atoms with van der Waals surface area (Å²) in [5.41, 5.74) is -0.209. The van der Waals surface area contributed by atoms with Gasteiger partial charge in [-0.15, -0.1) is 11.3 Å². The molecule has 2 aromatic rings. The number of thiophene rings is 1. The second-order valence-corrected chi connectivity index (χ2v) is 11.4. The van der Waals surface area contributed by atoms with Gasteiger partial charge in [-0.2, -0.15) is 8.61 Å². The molecule has 0 N–H and O–H groups in total. The molecule has 0 bridgehead atoms. The lowest BCUT2D eigenvalue weighted by atomic mass is 10.3. The first-order valence-corrected chi connectivity index (χ1v) is 11.7. The van der Waals surface area contributed by atoms with Crippen molar-refractivity contribution in [1.82, 2.24) is 8.61 Å². The summed E-state index contributed by atoms with van der Waals surface area (Å²) in [6, 6.07) is 7.49. The van der Waals surface area contributed by atoms with E-state index in [1.54, 1.807) is 0 Å². The molecule has 0 radical (unpaired) electrons. The van der Waals surface area contributed by atoms with Crippen LogP contribution in [0.5, 0.6) is 0 Å². The molecular weight excluding hydrogens is 438 g/mol. The molecule has 13 heteroatoms. The molecular formula is C14H14ClN3O6S3. The zero-order valence-corrected chi connectivity index (χ0v) is 16.9. The lowest BCUT2D eigenvalue weighted by molar-refractivity contribution is -0.384. The minimum atomic E-state index is -3.86.